The molecule has 0 radical (unpaired) electrons. The molecule has 2 aromatic carbocycles. The Hall–Kier alpha value is -3.23. The molecule has 0 aliphatic heterocycles. The van der Waals surface area contributed by atoms with Crippen molar-refractivity contribution in [3.63, 3.8) is 0 Å². The molecule has 0 fully saturated rings. The summed E-state index contributed by atoms with van der Waals surface area (Å²) in [6.07, 6.45) is 0.826. The number of anilines is 1. The Labute approximate surface area is 197 Å². The number of methoxy groups -OCH3 is 1. The van der Waals surface area contributed by atoms with E-state index in [1.807, 2.05) is 35.7 Å². The third-order valence-electron chi connectivity index (χ3n) is 5.17. The minimum absolute atomic E-state index is 0.115. The third kappa shape index (κ3) is 8.00. The number of hydrogen-bond donors (Lipinski definition) is 2. The van der Waals surface area contributed by atoms with E-state index >= 15 is 0 Å². The smallest absolute Gasteiger partial charge is 0.243 e. The first-order valence-corrected chi connectivity index (χ1v) is 11.5. The normalized spacial score (nSPS) is 11.8. The highest BCUT2D eigenvalue weighted by Gasteiger charge is 2.19. The fraction of sp³-hybridized carbons (Fsp3) is 0.280. The van der Waals surface area contributed by atoms with Crippen LogP contribution in [0.4, 0.5) is 10.1 Å². The van der Waals surface area contributed by atoms with Crippen molar-refractivity contribution in [1.29, 1.82) is 0 Å². The summed E-state index contributed by atoms with van der Waals surface area (Å²) >= 11 is 1.69. The van der Waals surface area contributed by atoms with E-state index in [9.17, 15) is 14.0 Å². The van der Waals surface area contributed by atoms with Crippen molar-refractivity contribution in [2.24, 2.45) is 0 Å². The number of halogens is 1. The molecule has 1 heterocycles. The minimum atomic E-state index is -0.380. The summed E-state index contributed by atoms with van der Waals surface area (Å²) in [6, 6.07) is 17.5. The fourth-order valence-corrected chi connectivity index (χ4v) is 4.17. The van der Waals surface area contributed by atoms with E-state index in [1.54, 1.807) is 18.4 Å². The Morgan fingerprint density at radius 3 is 2.42 bits per heavy atom. The van der Waals surface area contributed by atoms with Crippen LogP contribution in [0, 0.1) is 5.82 Å². The van der Waals surface area contributed by atoms with Gasteiger partial charge in [0.25, 0.3) is 0 Å². The summed E-state index contributed by atoms with van der Waals surface area (Å²) in [4.78, 5) is 28.1. The van der Waals surface area contributed by atoms with Crippen LogP contribution < -0.4 is 15.4 Å². The van der Waals surface area contributed by atoms with Gasteiger partial charge in [-0.15, -0.1) is 11.3 Å². The van der Waals surface area contributed by atoms with Crippen molar-refractivity contribution in [1.82, 2.24) is 10.2 Å². The zero-order valence-electron chi connectivity index (χ0n) is 18.7. The molecule has 0 aliphatic carbocycles. The SMILES string of the molecule is COc1ccc(CN(CC(=O)NCC(=O)Nc2ccc(F)cc2)[C@H](C)Cc2cccs2)cc1. The van der Waals surface area contributed by atoms with Crippen molar-refractivity contribution in [3.8, 4) is 5.75 Å². The Morgan fingerprint density at radius 2 is 1.79 bits per heavy atom. The van der Waals surface area contributed by atoms with Crippen LogP contribution in [0.5, 0.6) is 5.75 Å². The first-order chi connectivity index (χ1) is 15.9. The Balaban J connectivity index is 1.57. The average Bonchev–Trinajstić information content (AvgIpc) is 3.32. The molecule has 1 atom stereocenters. The molecule has 174 valence electrons. The number of carbonyl (C=O) groups is 2. The number of nitrogens with zero attached hydrogens (tertiary/aromatic N) is 1. The van der Waals surface area contributed by atoms with E-state index in [-0.39, 0.29) is 36.8 Å². The van der Waals surface area contributed by atoms with Gasteiger partial charge in [0.1, 0.15) is 11.6 Å². The van der Waals surface area contributed by atoms with E-state index in [0.29, 0.717) is 12.2 Å². The second-order valence-electron chi connectivity index (χ2n) is 7.72. The molecule has 0 aliphatic rings. The Morgan fingerprint density at radius 1 is 1.06 bits per heavy atom. The Bertz CT molecular complexity index is 1020. The highest BCUT2D eigenvalue weighted by atomic mass is 32.1. The lowest BCUT2D eigenvalue weighted by atomic mass is 10.1. The van der Waals surface area contributed by atoms with Crippen LogP contribution in [0.25, 0.3) is 0 Å². The van der Waals surface area contributed by atoms with Gasteiger partial charge in [-0.05, 0) is 66.8 Å². The molecule has 0 saturated heterocycles. The van der Waals surface area contributed by atoms with Gasteiger partial charge in [0.2, 0.25) is 11.8 Å². The van der Waals surface area contributed by atoms with Crippen LogP contribution in [0.1, 0.15) is 17.4 Å². The van der Waals surface area contributed by atoms with Crippen molar-refractivity contribution in [2.45, 2.75) is 25.9 Å². The lowest BCUT2D eigenvalue weighted by Gasteiger charge is -2.28. The summed E-state index contributed by atoms with van der Waals surface area (Å²) in [7, 11) is 1.63. The molecule has 0 spiro atoms. The van der Waals surface area contributed by atoms with Gasteiger partial charge in [-0.1, -0.05) is 18.2 Å². The number of nitrogens with one attached hydrogen (secondary N) is 2. The van der Waals surface area contributed by atoms with Gasteiger partial charge in [0, 0.05) is 23.2 Å². The van der Waals surface area contributed by atoms with Gasteiger partial charge < -0.3 is 15.4 Å². The van der Waals surface area contributed by atoms with Crippen LogP contribution in [0.2, 0.25) is 0 Å². The average molecular weight is 470 g/mol. The van der Waals surface area contributed by atoms with E-state index in [0.717, 1.165) is 17.7 Å². The molecule has 6 nitrogen and oxygen atoms in total. The molecule has 1 aromatic heterocycles. The number of thiophene rings is 1. The van der Waals surface area contributed by atoms with Gasteiger partial charge in [-0.2, -0.15) is 0 Å². The number of hydrogen-bond acceptors (Lipinski definition) is 5. The van der Waals surface area contributed by atoms with Crippen molar-refractivity contribution < 1.29 is 18.7 Å². The Kier molecular flexibility index (Phi) is 8.97. The maximum absolute atomic E-state index is 13.0. The third-order valence-corrected chi connectivity index (χ3v) is 6.06. The number of benzene rings is 2. The number of rotatable bonds is 11. The predicted molar refractivity (Wildman–Crippen MR) is 129 cm³/mol. The van der Waals surface area contributed by atoms with Gasteiger partial charge in [-0.3, -0.25) is 14.5 Å². The van der Waals surface area contributed by atoms with Crippen molar-refractivity contribution in [2.75, 3.05) is 25.5 Å². The molecule has 0 bridgehead atoms. The maximum atomic E-state index is 13.0. The van der Waals surface area contributed by atoms with Crippen LogP contribution in [-0.2, 0) is 22.6 Å². The largest absolute Gasteiger partial charge is 0.497 e. The van der Waals surface area contributed by atoms with E-state index < -0.39 is 0 Å². The second-order valence-corrected chi connectivity index (χ2v) is 8.75. The summed E-state index contributed by atoms with van der Waals surface area (Å²) in [5.74, 6) is -0.212. The molecule has 2 N–H and O–H groups in total. The standard InChI is InChI=1S/C25H28FN3O3S/c1-18(14-23-4-3-13-33-23)29(16-19-5-11-22(32-2)12-6-19)17-25(31)27-15-24(30)28-21-9-7-20(26)8-10-21/h3-13,18H,14-17H2,1-2H3,(H,27,31)(H,28,30)/t18-/m1/s1. The van der Waals surface area contributed by atoms with Gasteiger partial charge in [-0.25, -0.2) is 4.39 Å². The highest BCUT2D eigenvalue weighted by Crippen LogP contribution is 2.18. The van der Waals surface area contributed by atoms with E-state index in [2.05, 4.69) is 28.5 Å². The van der Waals surface area contributed by atoms with E-state index in [4.69, 9.17) is 4.74 Å². The molecule has 2 amide bonds. The molecular formula is C25H28FN3O3S. The predicted octanol–water partition coefficient (Wildman–Crippen LogP) is 4.08. The van der Waals surface area contributed by atoms with Crippen LogP contribution in [0.15, 0.2) is 66.0 Å². The van der Waals surface area contributed by atoms with Crippen LogP contribution in [0.3, 0.4) is 0 Å². The molecule has 3 rings (SSSR count). The quantitative estimate of drug-likeness (QED) is 0.444. The van der Waals surface area contributed by atoms with Crippen molar-refractivity contribution in [3.05, 3.63) is 82.3 Å². The van der Waals surface area contributed by atoms with E-state index in [1.165, 1.54) is 29.1 Å². The zero-order valence-corrected chi connectivity index (χ0v) is 19.5. The molecular weight excluding hydrogens is 441 g/mol. The fourth-order valence-electron chi connectivity index (χ4n) is 3.34. The number of ether oxygens (including phenoxy) is 1. The van der Waals surface area contributed by atoms with Crippen LogP contribution in [-0.4, -0.2) is 43.0 Å². The topological polar surface area (TPSA) is 70.7 Å². The first-order valence-electron chi connectivity index (χ1n) is 10.6. The summed E-state index contributed by atoms with van der Waals surface area (Å²) in [5, 5.41) is 7.36. The van der Waals surface area contributed by atoms with Gasteiger partial charge in [0.15, 0.2) is 0 Å². The summed E-state index contributed by atoms with van der Waals surface area (Å²) in [5.41, 5.74) is 1.54. The molecule has 33 heavy (non-hydrogen) atoms. The summed E-state index contributed by atoms with van der Waals surface area (Å²) < 4.78 is 18.2. The molecule has 3 aromatic rings. The zero-order chi connectivity index (χ0) is 23.6. The van der Waals surface area contributed by atoms with Crippen LogP contribution >= 0.6 is 11.3 Å². The van der Waals surface area contributed by atoms with Crippen molar-refractivity contribution >= 4 is 28.8 Å². The van der Waals surface area contributed by atoms with Gasteiger partial charge in [0.05, 0.1) is 20.2 Å². The molecule has 0 saturated carbocycles. The second kappa shape index (κ2) is 12.1. The number of amides is 2. The first kappa shape index (κ1) is 24.4. The molecule has 0 unspecified atom stereocenters. The minimum Gasteiger partial charge on any atom is -0.497 e. The monoisotopic (exact) mass is 469 g/mol. The number of carbonyl (C=O) groups excluding carboxylic acids is 2. The highest BCUT2D eigenvalue weighted by molar-refractivity contribution is 7.09. The lowest BCUT2D eigenvalue weighted by molar-refractivity contribution is -0.125. The van der Waals surface area contributed by atoms with Gasteiger partial charge >= 0.3 is 0 Å². The summed E-state index contributed by atoms with van der Waals surface area (Å²) in [6.45, 7) is 2.68. The lowest BCUT2D eigenvalue weighted by Crippen LogP contribution is -2.44. The maximum Gasteiger partial charge on any atom is 0.243 e. The molecule has 8 heteroatoms.